The van der Waals surface area contributed by atoms with Gasteiger partial charge in [-0.1, -0.05) is 48.0 Å². The Morgan fingerprint density at radius 2 is 1.78 bits per heavy atom. The van der Waals surface area contributed by atoms with Crippen LogP contribution in [0, 0.1) is 0 Å². The number of alkyl carbamates (subject to hydrolysis) is 1. The number of oxazole rings is 1. The molecule has 1 aliphatic heterocycles. The number of hydrogen-bond acceptors (Lipinski definition) is 10. The molecule has 0 spiro atoms. The van der Waals surface area contributed by atoms with Gasteiger partial charge in [0.05, 0.1) is 30.4 Å². The molecule has 0 radical (unpaired) electrons. The minimum atomic E-state index is -1.07. The predicted molar refractivity (Wildman–Crippen MR) is 186 cm³/mol. The molecule has 5 heterocycles. The standard InChI is InChI=1S/C36H35ClN8O5/c1-43-33(26-4-2-25(3-5-26)20-49-35(47)40-17-24-8-12-38-13-9-24)31-32(42-43)34(46)45(22-41-31)21-36(48)10-14-44(15-11-36)19-28-7-6-27(16-29(28)37)30-18-39-23-50-30/h2-9,12-13,16,18,22-23,48H,10-11,14-15,17,19-21H2,1H3,(H,40,47). The molecule has 1 fully saturated rings. The summed E-state index contributed by atoms with van der Waals surface area (Å²) in [6.45, 7) is 2.50. The summed E-state index contributed by atoms with van der Waals surface area (Å²) >= 11 is 6.59. The van der Waals surface area contributed by atoms with Gasteiger partial charge in [-0.2, -0.15) is 5.10 Å². The molecule has 1 aliphatic rings. The summed E-state index contributed by atoms with van der Waals surface area (Å²) in [6, 6.07) is 16.9. The molecule has 50 heavy (non-hydrogen) atoms. The highest BCUT2D eigenvalue weighted by molar-refractivity contribution is 6.31. The highest BCUT2D eigenvalue weighted by atomic mass is 35.5. The van der Waals surface area contributed by atoms with Gasteiger partial charge in [-0.25, -0.2) is 14.8 Å². The third-order valence-electron chi connectivity index (χ3n) is 9.01. The molecule has 0 bridgehead atoms. The maximum absolute atomic E-state index is 13.6. The first-order valence-electron chi connectivity index (χ1n) is 16.2. The average Bonchev–Trinajstić information content (AvgIpc) is 3.79. The highest BCUT2D eigenvalue weighted by Crippen LogP contribution is 2.30. The van der Waals surface area contributed by atoms with Crippen LogP contribution in [-0.2, 0) is 38.0 Å². The van der Waals surface area contributed by atoms with Crippen molar-refractivity contribution >= 4 is 28.7 Å². The first-order valence-corrected chi connectivity index (χ1v) is 16.6. The number of aromatic nitrogens is 6. The van der Waals surface area contributed by atoms with E-state index >= 15 is 0 Å². The zero-order valence-electron chi connectivity index (χ0n) is 27.3. The molecular weight excluding hydrogens is 660 g/mol. The number of pyridine rings is 1. The van der Waals surface area contributed by atoms with Gasteiger partial charge in [0.1, 0.15) is 12.1 Å². The molecule has 0 unspecified atom stereocenters. The fourth-order valence-corrected chi connectivity index (χ4v) is 6.44. The third kappa shape index (κ3) is 7.30. The summed E-state index contributed by atoms with van der Waals surface area (Å²) in [5.41, 5.74) is 4.39. The normalized spacial score (nSPS) is 14.5. The van der Waals surface area contributed by atoms with Gasteiger partial charge in [-0.15, -0.1) is 0 Å². The molecule has 0 aliphatic carbocycles. The summed E-state index contributed by atoms with van der Waals surface area (Å²) in [6.07, 6.45) is 8.31. The van der Waals surface area contributed by atoms with Crippen molar-refractivity contribution in [1.29, 1.82) is 0 Å². The zero-order chi connectivity index (χ0) is 34.7. The third-order valence-corrected chi connectivity index (χ3v) is 9.36. The number of hydrogen-bond donors (Lipinski definition) is 2. The van der Waals surface area contributed by atoms with Gasteiger partial charge in [0.25, 0.3) is 5.56 Å². The number of benzene rings is 2. The number of halogens is 1. The van der Waals surface area contributed by atoms with Crippen molar-refractivity contribution in [3.63, 3.8) is 0 Å². The van der Waals surface area contributed by atoms with Crippen LogP contribution >= 0.6 is 11.6 Å². The number of carbonyl (C=O) groups excluding carboxylic acids is 1. The van der Waals surface area contributed by atoms with Crippen molar-refractivity contribution in [3.8, 4) is 22.6 Å². The molecule has 13 nitrogen and oxygen atoms in total. The van der Waals surface area contributed by atoms with Crippen LogP contribution < -0.4 is 10.9 Å². The number of nitrogens with one attached hydrogen (secondary N) is 1. The second-order valence-corrected chi connectivity index (χ2v) is 12.9. The molecule has 1 amide bonds. The largest absolute Gasteiger partial charge is 0.445 e. The van der Waals surface area contributed by atoms with E-state index in [9.17, 15) is 14.7 Å². The first-order chi connectivity index (χ1) is 24.2. The lowest BCUT2D eigenvalue weighted by atomic mass is 9.91. The van der Waals surface area contributed by atoms with Crippen LogP contribution in [0.3, 0.4) is 0 Å². The molecule has 2 aromatic carbocycles. The van der Waals surface area contributed by atoms with E-state index in [1.165, 1.54) is 17.3 Å². The quantitative estimate of drug-likeness (QED) is 0.201. The topological polar surface area (TPSA) is 153 Å². The molecule has 0 saturated carbocycles. The molecule has 2 N–H and O–H groups in total. The predicted octanol–water partition coefficient (Wildman–Crippen LogP) is 4.95. The number of fused-ring (bicyclic) bond motifs is 1. The molecule has 14 heteroatoms. The minimum Gasteiger partial charge on any atom is -0.445 e. The van der Waals surface area contributed by atoms with Crippen LogP contribution in [0.1, 0.15) is 29.5 Å². The Balaban J connectivity index is 0.964. The Bertz CT molecular complexity index is 2160. The molecule has 7 rings (SSSR count). The van der Waals surface area contributed by atoms with Gasteiger partial charge in [-0.3, -0.25) is 23.9 Å². The van der Waals surface area contributed by atoms with E-state index < -0.39 is 11.7 Å². The minimum absolute atomic E-state index is 0.101. The van der Waals surface area contributed by atoms with Crippen LogP contribution in [0.4, 0.5) is 4.79 Å². The van der Waals surface area contributed by atoms with Crippen LogP contribution in [0.25, 0.3) is 33.6 Å². The van der Waals surface area contributed by atoms with Gasteiger partial charge < -0.3 is 19.6 Å². The molecule has 6 aromatic rings. The SMILES string of the molecule is Cn1nc2c(=O)n(CC3(O)CCN(Cc4ccc(-c5cnco5)cc4Cl)CC3)cnc2c1-c1ccc(COC(=O)NCc2ccncc2)cc1. The van der Waals surface area contributed by atoms with Crippen molar-refractivity contribution in [2.45, 2.75) is 44.7 Å². The Morgan fingerprint density at radius 1 is 1.02 bits per heavy atom. The number of carbonyl (C=O) groups is 1. The van der Waals surface area contributed by atoms with Crippen molar-refractivity contribution in [3.05, 3.63) is 118 Å². The maximum atomic E-state index is 13.6. The van der Waals surface area contributed by atoms with E-state index in [1.807, 2.05) is 54.6 Å². The maximum Gasteiger partial charge on any atom is 0.407 e. The first kappa shape index (κ1) is 33.1. The van der Waals surface area contributed by atoms with Gasteiger partial charge >= 0.3 is 6.09 Å². The Morgan fingerprint density at radius 3 is 2.50 bits per heavy atom. The summed E-state index contributed by atoms with van der Waals surface area (Å²) in [5.74, 6) is 0.656. The number of aliphatic hydroxyl groups is 1. The van der Waals surface area contributed by atoms with E-state index in [1.54, 1.807) is 30.3 Å². The fourth-order valence-electron chi connectivity index (χ4n) is 6.20. The van der Waals surface area contributed by atoms with E-state index in [-0.39, 0.29) is 24.2 Å². The van der Waals surface area contributed by atoms with Crippen molar-refractivity contribution in [2.75, 3.05) is 13.1 Å². The van der Waals surface area contributed by atoms with Gasteiger partial charge in [0.15, 0.2) is 17.7 Å². The van der Waals surface area contributed by atoms with Gasteiger partial charge in [0, 0.05) is 61.8 Å². The molecule has 256 valence electrons. The summed E-state index contributed by atoms with van der Waals surface area (Å²) < 4.78 is 13.8. The lowest BCUT2D eigenvalue weighted by Gasteiger charge is -2.38. The number of rotatable bonds is 10. The monoisotopic (exact) mass is 694 g/mol. The number of ether oxygens (including phenoxy) is 1. The summed E-state index contributed by atoms with van der Waals surface area (Å²) in [5, 5.41) is 19.4. The lowest BCUT2D eigenvalue weighted by molar-refractivity contribution is -0.0364. The smallest absolute Gasteiger partial charge is 0.407 e. The average molecular weight is 695 g/mol. The molecule has 4 aromatic heterocycles. The number of aryl methyl sites for hydroxylation is 1. The number of amides is 1. The number of piperidine rings is 1. The van der Waals surface area contributed by atoms with E-state index in [0.717, 1.165) is 27.8 Å². The van der Waals surface area contributed by atoms with E-state index in [2.05, 4.69) is 30.3 Å². The van der Waals surface area contributed by atoms with E-state index in [0.29, 0.717) is 61.0 Å². The number of nitrogens with zero attached hydrogens (tertiary/aromatic N) is 7. The van der Waals surface area contributed by atoms with Crippen LogP contribution in [0.2, 0.25) is 5.02 Å². The number of likely N-dealkylation sites (tertiary alicyclic amines) is 1. The van der Waals surface area contributed by atoms with Crippen LogP contribution in [0.5, 0.6) is 0 Å². The van der Waals surface area contributed by atoms with Crippen molar-refractivity contribution in [1.82, 2.24) is 39.5 Å². The van der Waals surface area contributed by atoms with Crippen LogP contribution in [-0.4, -0.2) is 64.1 Å². The van der Waals surface area contributed by atoms with Gasteiger partial charge in [-0.05, 0) is 47.7 Å². The molecule has 0 atom stereocenters. The van der Waals surface area contributed by atoms with Crippen LogP contribution in [0.15, 0.2) is 95.1 Å². The van der Waals surface area contributed by atoms with Crippen molar-refractivity contribution < 1.29 is 19.1 Å². The zero-order valence-corrected chi connectivity index (χ0v) is 28.1. The molecular formula is C36H35ClN8O5. The van der Waals surface area contributed by atoms with Gasteiger partial charge in [0.2, 0.25) is 0 Å². The lowest BCUT2D eigenvalue weighted by Crippen LogP contribution is -2.47. The summed E-state index contributed by atoms with van der Waals surface area (Å²) in [4.78, 5) is 40.5. The van der Waals surface area contributed by atoms with E-state index in [4.69, 9.17) is 20.8 Å². The second-order valence-electron chi connectivity index (χ2n) is 12.5. The molecule has 1 saturated heterocycles. The fraction of sp³-hybridized carbons (Fsp3) is 0.278. The summed E-state index contributed by atoms with van der Waals surface area (Å²) in [7, 11) is 1.77. The highest BCUT2D eigenvalue weighted by Gasteiger charge is 2.33. The Kier molecular flexibility index (Phi) is 9.44. The second kappa shape index (κ2) is 14.2. The Hall–Kier alpha value is -5.37. The Labute approximate surface area is 292 Å². The van der Waals surface area contributed by atoms with Crippen molar-refractivity contribution in [2.24, 2.45) is 7.05 Å².